The normalized spacial score (nSPS) is 10.6. The number of rotatable bonds is 5. The van der Waals surface area contributed by atoms with Crippen LogP contribution in [0, 0.1) is 0 Å². The van der Waals surface area contributed by atoms with Crippen LogP contribution in [0.25, 0.3) is 11.4 Å². The summed E-state index contributed by atoms with van der Waals surface area (Å²) < 4.78 is 1.32. The van der Waals surface area contributed by atoms with Crippen LogP contribution >= 0.6 is 35.0 Å². The molecule has 0 fully saturated rings. The van der Waals surface area contributed by atoms with Gasteiger partial charge in [-0.05, 0) is 30.3 Å². The number of carbonyl (C=O) groups is 1. The summed E-state index contributed by atoms with van der Waals surface area (Å²) in [4.78, 5) is 16.1. The first-order valence-corrected chi connectivity index (χ1v) is 8.77. The number of pyridine rings is 1. The molecule has 128 valence electrons. The third-order valence-electron chi connectivity index (χ3n) is 3.06. The fraction of sp³-hybridized carbons (Fsp3) is 0.0667. The average Bonchev–Trinajstić information content (AvgIpc) is 2.93. The number of thioether (sulfide) groups is 1. The Labute approximate surface area is 157 Å². The van der Waals surface area contributed by atoms with Crippen molar-refractivity contribution < 1.29 is 4.79 Å². The van der Waals surface area contributed by atoms with E-state index in [1.165, 1.54) is 4.68 Å². The molecule has 3 aromatic rings. The Kier molecular flexibility index (Phi) is 5.42. The van der Waals surface area contributed by atoms with Gasteiger partial charge in [-0.25, -0.2) is 4.68 Å². The van der Waals surface area contributed by atoms with E-state index in [1.807, 2.05) is 6.07 Å². The molecule has 25 heavy (non-hydrogen) atoms. The molecule has 0 bridgehead atoms. The van der Waals surface area contributed by atoms with E-state index in [9.17, 15) is 4.79 Å². The van der Waals surface area contributed by atoms with Gasteiger partial charge in [0.05, 0.1) is 5.75 Å². The van der Waals surface area contributed by atoms with Gasteiger partial charge in [0.1, 0.15) is 0 Å². The van der Waals surface area contributed by atoms with Gasteiger partial charge in [-0.3, -0.25) is 9.78 Å². The molecule has 1 aromatic carbocycles. The maximum atomic E-state index is 12.1. The molecular formula is C15H12Cl2N6OS. The summed E-state index contributed by atoms with van der Waals surface area (Å²) in [6, 6.07) is 8.42. The molecule has 0 saturated carbocycles. The van der Waals surface area contributed by atoms with Gasteiger partial charge in [-0.2, -0.15) is 0 Å². The van der Waals surface area contributed by atoms with Crippen molar-refractivity contribution in [1.82, 2.24) is 19.9 Å². The third-order valence-corrected chi connectivity index (χ3v) is 4.44. The van der Waals surface area contributed by atoms with Crippen LogP contribution in [0.4, 0.5) is 5.69 Å². The lowest BCUT2D eigenvalue weighted by Crippen LogP contribution is -2.16. The van der Waals surface area contributed by atoms with Gasteiger partial charge in [0.15, 0.2) is 5.82 Å². The second kappa shape index (κ2) is 7.73. The molecule has 0 radical (unpaired) electrons. The number of nitrogens with two attached hydrogens (primary N) is 1. The second-order valence-electron chi connectivity index (χ2n) is 4.91. The minimum atomic E-state index is -0.241. The first kappa shape index (κ1) is 17.5. The van der Waals surface area contributed by atoms with Crippen LogP contribution in [0.2, 0.25) is 10.0 Å². The zero-order valence-corrected chi connectivity index (χ0v) is 15.0. The van der Waals surface area contributed by atoms with Crippen molar-refractivity contribution in [2.75, 3.05) is 16.9 Å². The van der Waals surface area contributed by atoms with Gasteiger partial charge >= 0.3 is 0 Å². The number of benzene rings is 1. The number of nitrogens with zero attached hydrogens (tertiary/aromatic N) is 4. The van der Waals surface area contributed by atoms with Gasteiger partial charge in [0.2, 0.25) is 11.1 Å². The first-order valence-electron chi connectivity index (χ1n) is 7.02. The molecule has 0 aliphatic rings. The largest absolute Gasteiger partial charge is 0.335 e. The summed E-state index contributed by atoms with van der Waals surface area (Å²) in [6.07, 6.45) is 3.29. The maximum absolute atomic E-state index is 12.1. The first-order chi connectivity index (χ1) is 12.0. The zero-order chi connectivity index (χ0) is 17.8. The highest BCUT2D eigenvalue weighted by Crippen LogP contribution is 2.24. The molecule has 0 spiro atoms. The summed E-state index contributed by atoms with van der Waals surface area (Å²) >= 11 is 13.0. The van der Waals surface area contributed by atoms with E-state index in [1.54, 1.807) is 36.7 Å². The van der Waals surface area contributed by atoms with Crippen LogP contribution < -0.4 is 11.2 Å². The lowest BCUT2D eigenvalue weighted by Gasteiger charge is -2.06. The highest BCUT2D eigenvalue weighted by molar-refractivity contribution is 7.99. The van der Waals surface area contributed by atoms with Crippen molar-refractivity contribution in [3.8, 4) is 11.4 Å². The Morgan fingerprint density at radius 3 is 2.68 bits per heavy atom. The van der Waals surface area contributed by atoms with Gasteiger partial charge in [0.25, 0.3) is 0 Å². The number of anilines is 1. The Morgan fingerprint density at radius 1 is 1.24 bits per heavy atom. The van der Waals surface area contributed by atoms with E-state index in [0.717, 1.165) is 17.3 Å². The SMILES string of the molecule is Nn1c(SCC(=O)Nc2cc(Cl)cc(Cl)c2)nnc1-c1cccnc1. The number of amides is 1. The van der Waals surface area contributed by atoms with E-state index in [-0.39, 0.29) is 11.7 Å². The van der Waals surface area contributed by atoms with Crippen LogP contribution in [-0.4, -0.2) is 31.5 Å². The Balaban J connectivity index is 1.64. The van der Waals surface area contributed by atoms with E-state index in [2.05, 4.69) is 20.5 Å². The average molecular weight is 395 g/mol. The lowest BCUT2D eigenvalue weighted by atomic mass is 10.3. The molecule has 2 heterocycles. The highest BCUT2D eigenvalue weighted by Gasteiger charge is 2.14. The summed E-state index contributed by atoms with van der Waals surface area (Å²) in [5.74, 6) is 6.32. The van der Waals surface area contributed by atoms with Crippen LogP contribution in [0.5, 0.6) is 0 Å². The Morgan fingerprint density at radius 2 is 2.00 bits per heavy atom. The molecular weight excluding hydrogens is 383 g/mol. The maximum Gasteiger partial charge on any atom is 0.234 e. The molecule has 10 heteroatoms. The molecule has 0 unspecified atom stereocenters. The fourth-order valence-corrected chi connectivity index (χ4v) is 3.20. The smallest absolute Gasteiger partial charge is 0.234 e. The van der Waals surface area contributed by atoms with Crippen LogP contribution in [-0.2, 0) is 4.79 Å². The Hall–Kier alpha value is -2.29. The van der Waals surface area contributed by atoms with E-state index in [4.69, 9.17) is 29.0 Å². The summed E-state index contributed by atoms with van der Waals surface area (Å²) in [7, 11) is 0. The minimum Gasteiger partial charge on any atom is -0.335 e. The molecule has 0 aliphatic carbocycles. The number of nitrogen functional groups attached to an aromatic ring is 1. The molecule has 1 amide bonds. The highest BCUT2D eigenvalue weighted by atomic mass is 35.5. The Bertz CT molecular complexity index is 882. The topological polar surface area (TPSA) is 98.7 Å². The zero-order valence-electron chi connectivity index (χ0n) is 12.7. The van der Waals surface area contributed by atoms with Crippen LogP contribution in [0.3, 0.4) is 0 Å². The molecule has 0 aliphatic heterocycles. The molecule has 2 aromatic heterocycles. The van der Waals surface area contributed by atoms with Gasteiger partial charge in [0, 0.05) is 33.7 Å². The van der Waals surface area contributed by atoms with E-state index >= 15 is 0 Å². The lowest BCUT2D eigenvalue weighted by molar-refractivity contribution is -0.113. The summed E-state index contributed by atoms with van der Waals surface area (Å²) in [6.45, 7) is 0. The number of hydrogen-bond acceptors (Lipinski definition) is 6. The quantitative estimate of drug-likeness (QED) is 0.509. The molecule has 7 nitrogen and oxygen atoms in total. The van der Waals surface area contributed by atoms with Gasteiger partial charge < -0.3 is 11.2 Å². The van der Waals surface area contributed by atoms with Gasteiger partial charge in [-0.15, -0.1) is 10.2 Å². The fourth-order valence-electron chi connectivity index (χ4n) is 2.02. The number of carbonyl (C=O) groups excluding carboxylic acids is 1. The number of halogens is 2. The van der Waals surface area contributed by atoms with Gasteiger partial charge in [-0.1, -0.05) is 35.0 Å². The van der Waals surface area contributed by atoms with E-state index in [0.29, 0.717) is 26.7 Å². The van der Waals surface area contributed by atoms with Crippen molar-refractivity contribution in [1.29, 1.82) is 0 Å². The van der Waals surface area contributed by atoms with Crippen LogP contribution in [0.15, 0.2) is 47.9 Å². The number of hydrogen-bond donors (Lipinski definition) is 2. The molecule has 3 N–H and O–H groups in total. The van der Waals surface area contributed by atoms with Crippen molar-refractivity contribution in [3.05, 3.63) is 52.8 Å². The van der Waals surface area contributed by atoms with E-state index < -0.39 is 0 Å². The van der Waals surface area contributed by atoms with Crippen LogP contribution in [0.1, 0.15) is 0 Å². The summed E-state index contributed by atoms with van der Waals surface area (Å²) in [5, 5.41) is 12.0. The second-order valence-corrected chi connectivity index (χ2v) is 6.73. The third kappa shape index (κ3) is 4.41. The van der Waals surface area contributed by atoms with Crippen molar-refractivity contribution in [3.63, 3.8) is 0 Å². The standard InChI is InChI=1S/C15H12Cl2N6OS/c16-10-4-11(17)6-12(5-10)20-13(24)8-25-15-22-21-14(23(15)18)9-2-1-3-19-7-9/h1-7H,8,18H2,(H,20,24). The van der Waals surface area contributed by atoms with Crippen molar-refractivity contribution in [2.45, 2.75) is 5.16 Å². The predicted molar refractivity (Wildman–Crippen MR) is 99.2 cm³/mol. The monoisotopic (exact) mass is 394 g/mol. The molecule has 0 atom stereocenters. The predicted octanol–water partition coefficient (Wildman–Crippen LogP) is 3.09. The number of nitrogens with one attached hydrogen (secondary N) is 1. The number of aromatic nitrogens is 4. The molecule has 0 saturated heterocycles. The van der Waals surface area contributed by atoms with Crippen molar-refractivity contribution in [2.24, 2.45) is 0 Å². The molecule has 3 rings (SSSR count). The summed E-state index contributed by atoms with van der Waals surface area (Å²) in [5.41, 5.74) is 1.26. The minimum absolute atomic E-state index is 0.104. The van der Waals surface area contributed by atoms with Crippen molar-refractivity contribution >= 4 is 46.6 Å².